The van der Waals surface area contributed by atoms with Gasteiger partial charge in [0.1, 0.15) is 23.1 Å². The summed E-state index contributed by atoms with van der Waals surface area (Å²) in [6, 6.07) is 11.3. The predicted molar refractivity (Wildman–Crippen MR) is 128 cm³/mol. The Hall–Kier alpha value is -3.06. The summed E-state index contributed by atoms with van der Waals surface area (Å²) in [4.78, 5) is 26.8. The fraction of sp³-hybridized carbons (Fsp3) is 0.385. The van der Waals surface area contributed by atoms with Crippen LogP contribution in [0, 0.1) is 0 Å². The van der Waals surface area contributed by atoms with Gasteiger partial charge in [-0.2, -0.15) is 0 Å². The molecule has 33 heavy (non-hydrogen) atoms. The van der Waals surface area contributed by atoms with Gasteiger partial charge < -0.3 is 19.2 Å². The molecule has 0 atom stereocenters. The number of anilines is 1. The minimum Gasteiger partial charge on any atom is -0.486 e. The van der Waals surface area contributed by atoms with Crippen LogP contribution in [0.4, 0.5) is 5.00 Å². The summed E-state index contributed by atoms with van der Waals surface area (Å²) in [7, 11) is 0. The molecule has 2 aromatic heterocycles. The fourth-order valence-corrected chi connectivity index (χ4v) is 5.13. The van der Waals surface area contributed by atoms with Crippen molar-refractivity contribution < 1.29 is 23.5 Å². The molecule has 1 aliphatic carbocycles. The zero-order valence-corrected chi connectivity index (χ0v) is 19.9. The summed E-state index contributed by atoms with van der Waals surface area (Å²) in [6.45, 7) is 4.64. The average molecular weight is 468 g/mol. The first-order chi connectivity index (χ1) is 16.1. The molecule has 0 aliphatic heterocycles. The Morgan fingerprint density at radius 2 is 1.85 bits per heavy atom. The van der Waals surface area contributed by atoms with E-state index >= 15 is 0 Å². The second-order valence-electron chi connectivity index (χ2n) is 8.06. The Labute approximate surface area is 197 Å². The molecule has 4 rings (SSSR count). The fourth-order valence-electron chi connectivity index (χ4n) is 3.85. The van der Waals surface area contributed by atoms with E-state index in [0.29, 0.717) is 22.9 Å². The quantitative estimate of drug-likeness (QED) is 0.380. The summed E-state index contributed by atoms with van der Waals surface area (Å²) in [6.07, 6.45) is 5.61. The maximum absolute atomic E-state index is 12.9. The van der Waals surface area contributed by atoms with Crippen molar-refractivity contribution in [3.05, 3.63) is 69.5 Å². The standard InChI is InChI=1S/C26H29NO5S/c1-3-15-30-26(29)23-20-7-5-6-8-22(20)33-25(23)27-24(28)21-14-13-19(32-21)16-31-18-11-9-17(4-2)10-12-18/h9-14H,3-8,15-16H2,1-2H3,(H,27,28). The number of benzene rings is 1. The molecule has 0 saturated carbocycles. The van der Waals surface area contributed by atoms with Gasteiger partial charge in [0.2, 0.25) is 0 Å². The third-order valence-electron chi connectivity index (χ3n) is 5.64. The molecule has 0 saturated heterocycles. The van der Waals surface area contributed by atoms with Crippen molar-refractivity contribution in [3.63, 3.8) is 0 Å². The molecule has 1 aliphatic rings. The van der Waals surface area contributed by atoms with E-state index in [1.165, 1.54) is 16.9 Å². The molecule has 174 valence electrons. The minimum absolute atomic E-state index is 0.175. The SMILES string of the molecule is CCCOC(=O)c1c(NC(=O)c2ccc(COc3ccc(CC)cc3)o2)sc2c1CCCC2. The number of esters is 1. The minimum atomic E-state index is -0.392. The number of rotatable bonds is 9. The van der Waals surface area contributed by atoms with Gasteiger partial charge in [-0.3, -0.25) is 4.79 Å². The molecule has 0 unspecified atom stereocenters. The summed E-state index contributed by atoms with van der Waals surface area (Å²) in [5, 5.41) is 3.43. The van der Waals surface area contributed by atoms with Gasteiger partial charge in [0.05, 0.1) is 12.2 Å². The lowest BCUT2D eigenvalue weighted by Crippen LogP contribution is -2.15. The Morgan fingerprint density at radius 1 is 1.06 bits per heavy atom. The van der Waals surface area contributed by atoms with E-state index in [0.717, 1.165) is 54.7 Å². The van der Waals surface area contributed by atoms with Crippen LogP contribution in [0.5, 0.6) is 5.75 Å². The van der Waals surface area contributed by atoms with E-state index < -0.39 is 5.91 Å². The first-order valence-corrected chi connectivity index (χ1v) is 12.3. The van der Waals surface area contributed by atoms with Crippen molar-refractivity contribution in [3.8, 4) is 5.75 Å². The zero-order chi connectivity index (χ0) is 23.2. The Balaban J connectivity index is 1.44. The molecule has 3 aromatic rings. The number of carbonyl (C=O) groups excluding carboxylic acids is 2. The zero-order valence-electron chi connectivity index (χ0n) is 19.1. The number of carbonyl (C=O) groups is 2. The predicted octanol–water partition coefficient (Wildman–Crippen LogP) is 6.18. The van der Waals surface area contributed by atoms with E-state index in [-0.39, 0.29) is 18.3 Å². The number of fused-ring (bicyclic) bond motifs is 1. The van der Waals surface area contributed by atoms with Crippen LogP contribution >= 0.6 is 11.3 Å². The van der Waals surface area contributed by atoms with Crippen LogP contribution in [0.15, 0.2) is 40.8 Å². The number of furan rings is 1. The highest BCUT2D eigenvalue weighted by atomic mass is 32.1. The van der Waals surface area contributed by atoms with Crippen LogP contribution in [0.1, 0.15) is 75.8 Å². The van der Waals surface area contributed by atoms with E-state index in [1.54, 1.807) is 12.1 Å². The van der Waals surface area contributed by atoms with Gasteiger partial charge >= 0.3 is 5.97 Å². The third kappa shape index (κ3) is 5.47. The van der Waals surface area contributed by atoms with E-state index in [1.807, 2.05) is 31.2 Å². The Morgan fingerprint density at radius 3 is 2.61 bits per heavy atom. The third-order valence-corrected chi connectivity index (χ3v) is 6.85. The van der Waals surface area contributed by atoms with Crippen LogP contribution < -0.4 is 10.1 Å². The highest BCUT2D eigenvalue weighted by Gasteiger charge is 2.28. The van der Waals surface area contributed by atoms with Crippen LogP contribution in [-0.4, -0.2) is 18.5 Å². The van der Waals surface area contributed by atoms with Crippen molar-refractivity contribution in [1.29, 1.82) is 0 Å². The van der Waals surface area contributed by atoms with Crippen LogP contribution in [0.25, 0.3) is 0 Å². The van der Waals surface area contributed by atoms with Crippen molar-refractivity contribution in [2.24, 2.45) is 0 Å². The lowest BCUT2D eigenvalue weighted by molar-refractivity contribution is 0.0505. The number of nitrogens with one attached hydrogen (secondary N) is 1. The Kier molecular flexibility index (Phi) is 7.50. The molecule has 2 heterocycles. The van der Waals surface area contributed by atoms with Gasteiger partial charge in [-0.15, -0.1) is 11.3 Å². The normalized spacial score (nSPS) is 12.8. The van der Waals surface area contributed by atoms with Crippen molar-refractivity contribution in [2.75, 3.05) is 11.9 Å². The maximum Gasteiger partial charge on any atom is 0.341 e. The van der Waals surface area contributed by atoms with Crippen LogP contribution in [0.3, 0.4) is 0 Å². The number of hydrogen-bond acceptors (Lipinski definition) is 6. The van der Waals surface area contributed by atoms with Gasteiger partial charge in [0.15, 0.2) is 5.76 Å². The monoisotopic (exact) mass is 467 g/mol. The molecule has 0 fully saturated rings. The molecule has 1 amide bonds. The van der Waals surface area contributed by atoms with Crippen LogP contribution in [0.2, 0.25) is 0 Å². The molecule has 1 N–H and O–H groups in total. The summed E-state index contributed by atoms with van der Waals surface area (Å²) < 4.78 is 16.9. The number of thiophene rings is 1. The van der Waals surface area contributed by atoms with Gasteiger partial charge in [-0.05, 0) is 73.9 Å². The molecule has 1 aromatic carbocycles. The number of amides is 1. The van der Waals surface area contributed by atoms with Crippen molar-refractivity contribution in [2.45, 2.75) is 59.0 Å². The van der Waals surface area contributed by atoms with Gasteiger partial charge in [-0.1, -0.05) is 26.0 Å². The molecule has 0 radical (unpaired) electrons. The molecule has 7 heteroatoms. The second-order valence-corrected chi connectivity index (χ2v) is 9.16. The number of hydrogen-bond donors (Lipinski definition) is 1. The van der Waals surface area contributed by atoms with Gasteiger partial charge in [0.25, 0.3) is 5.91 Å². The Bertz CT molecular complexity index is 1110. The first kappa shape index (κ1) is 23.1. The molecular formula is C26H29NO5S. The van der Waals surface area contributed by atoms with E-state index in [4.69, 9.17) is 13.9 Å². The van der Waals surface area contributed by atoms with Crippen LogP contribution in [-0.2, 0) is 30.6 Å². The number of aryl methyl sites for hydroxylation is 2. The lowest BCUT2D eigenvalue weighted by Gasteiger charge is -2.12. The van der Waals surface area contributed by atoms with E-state index in [9.17, 15) is 9.59 Å². The second kappa shape index (κ2) is 10.7. The maximum atomic E-state index is 12.9. The van der Waals surface area contributed by atoms with Crippen molar-refractivity contribution in [1.82, 2.24) is 0 Å². The molecule has 0 bridgehead atoms. The van der Waals surface area contributed by atoms with Gasteiger partial charge in [0, 0.05) is 4.88 Å². The summed E-state index contributed by atoms with van der Waals surface area (Å²) in [5.41, 5.74) is 2.76. The first-order valence-electron chi connectivity index (χ1n) is 11.5. The van der Waals surface area contributed by atoms with Crippen molar-refractivity contribution >= 4 is 28.2 Å². The largest absolute Gasteiger partial charge is 0.486 e. The average Bonchev–Trinajstić information content (AvgIpc) is 3.46. The summed E-state index contributed by atoms with van der Waals surface area (Å²) >= 11 is 1.46. The highest BCUT2D eigenvalue weighted by Crippen LogP contribution is 2.39. The molecule has 0 spiro atoms. The molecule has 6 nitrogen and oxygen atoms in total. The smallest absolute Gasteiger partial charge is 0.341 e. The lowest BCUT2D eigenvalue weighted by atomic mass is 9.95. The highest BCUT2D eigenvalue weighted by molar-refractivity contribution is 7.17. The molecular weight excluding hydrogens is 438 g/mol. The number of ether oxygens (including phenoxy) is 2. The van der Waals surface area contributed by atoms with E-state index in [2.05, 4.69) is 12.2 Å². The summed E-state index contributed by atoms with van der Waals surface area (Å²) in [5.74, 6) is 0.710. The topological polar surface area (TPSA) is 77.8 Å². The van der Waals surface area contributed by atoms with Gasteiger partial charge in [-0.25, -0.2) is 4.79 Å².